The van der Waals surface area contributed by atoms with Crippen molar-refractivity contribution in [2.75, 3.05) is 6.54 Å². The molecule has 0 radical (unpaired) electrons. The van der Waals surface area contributed by atoms with Crippen molar-refractivity contribution in [1.82, 2.24) is 0 Å². The number of carbonyl (C=O) groups is 1. The second kappa shape index (κ2) is 5.60. The highest BCUT2D eigenvalue weighted by Gasteiger charge is 2.18. The fourth-order valence-corrected chi connectivity index (χ4v) is 2.18. The first-order chi connectivity index (χ1) is 8.27. The van der Waals surface area contributed by atoms with Gasteiger partial charge in [-0.15, -0.1) is 0 Å². The van der Waals surface area contributed by atoms with Crippen molar-refractivity contribution in [3.63, 3.8) is 0 Å². The predicted molar refractivity (Wildman–Crippen MR) is 68.2 cm³/mol. The molecule has 1 aromatic rings. The van der Waals surface area contributed by atoms with Crippen LogP contribution in [0.5, 0.6) is 0 Å². The lowest BCUT2D eigenvalue weighted by molar-refractivity contribution is 0.0938. The molecule has 3 N–H and O–H groups in total. The van der Waals surface area contributed by atoms with Gasteiger partial charge in [-0.3, -0.25) is 9.35 Å². The highest BCUT2D eigenvalue weighted by molar-refractivity contribution is 7.85. The summed E-state index contributed by atoms with van der Waals surface area (Å²) in [5.74, 6) is -0.251. The first-order valence-electron chi connectivity index (χ1n) is 5.62. The third-order valence-corrected chi connectivity index (χ3v) is 3.43. The van der Waals surface area contributed by atoms with Gasteiger partial charge in [-0.05, 0) is 36.7 Å². The molecule has 0 atom stereocenters. The number of hydrogen-bond donors (Lipinski definition) is 2. The van der Waals surface area contributed by atoms with Crippen LogP contribution in [0.4, 0.5) is 0 Å². The van der Waals surface area contributed by atoms with Gasteiger partial charge in [0.15, 0.2) is 5.78 Å². The smallest absolute Gasteiger partial charge is 0.294 e. The van der Waals surface area contributed by atoms with Gasteiger partial charge in [0.1, 0.15) is 0 Å². The zero-order valence-electron chi connectivity index (χ0n) is 10.4. The number of hydrogen-bond acceptors (Lipinski definition) is 4. The van der Waals surface area contributed by atoms with Crippen LogP contribution in [-0.4, -0.2) is 25.3 Å². The van der Waals surface area contributed by atoms with E-state index in [0.717, 1.165) is 0 Å². The highest BCUT2D eigenvalue weighted by Crippen LogP contribution is 2.19. The standard InChI is InChI=1S/C12H17NO4S/c1-8(2)12(14)11-4-3-10(18(15,16)17)7-9(11)5-6-13/h3-4,7-8H,5-6,13H2,1-2H3,(H,15,16,17). The average molecular weight is 271 g/mol. The van der Waals surface area contributed by atoms with E-state index in [0.29, 0.717) is 24.1 Å². The Hall–Kier alpha value is -1.24. The zero-order valence-corrected chi connectivity index (χ0v) is 11.2. The monoisotopic (exact) mass is 271 g/mol. The van der Waals surface area contributed by atoms with E-state index in [9.17, 15) is 13.2 Å². The number of nitrogens with two attached hydrogens (primary N) is 1. The normalized spacial score (nSPS) is 11.8. The van der Waals surface area contributed by atoms with Crippen LogP contribution < -0.4 is 5.73 Å². The van der Waals surface area contributed by atoms with Gasteiger partial charge >= 0.3 is 0 Å². The minimum Gasteiger partial charge on any atom is -0.330 e. The summed E-state index contributed by atoms with van der Waals surface area (Å²) in [6.45, 7) is 3.84. The summed E-state index contributed by atoms with van der Waals surface area (Å²) in [5, 5.41) is 0. The molecule has 0 unspecified atom stereocenters. The molecule has 0 spiro atoms. The van der Waals surface area contributed by atoms with E-state index >= 15 is 0 Å². The Morgan fingerprint density at radius 1 is 1.39 bits per heavy atom. The zero-order chi connectivity index (χ0) is 13.9. The second-order valence-electron chi connectivity index (χ2n) is 4.35. The molecule has 5 nitrogen and oxygen atoms in total. The molecule has 0 bridgehead atoms. The number of Topliss-reactive ketones (excluding diaryl/α,β-unsaturated/α-hetero) is 1. The molecule has 0 aromatic heterocycles. The van der Waals surface area contributed by atoms with E-state index in [4.69, 9.17) is 10.3 Å². The van der Waals surface area contributed by atoms with Gasteiger partial charge in [0, 0.05) is 11.5 Å². The molecule has 0 heterocycles. The van der Waals surface area contributed by atoms with E-state index < -0.39 is 10.1 Å². The molecule has 0 saturated carbocycles. The summed E-state index contributed by atoms with van der Waals surface area (Å²) in [4.78, 5) is 11.7. The van der Waals surface area contributed by atoms with E-state index in [1.54, 1.807) is 13.8 Å². The van der Waals surface area contributed by atoms with Crippen LogP contribution in [0, 0.1) is 5.92 Å². The van der Waals surface area contributed by atoms with E-state index in [2.05, 4.69) is 0 Å². The molecule has 6 heteroatoms. The topological polar surface area (TPSA) is 97.5 Å². The van der Waals surface area contributed by atoms with Crippen LogP contribution in [0.3, 0.4) is 0 Å². The maximum absolute atomic E-state index is 11.9. The number of benzene rings is 1. The summed E-state index contributed by atoms with van der Waals surface area (Å²) >= 11 is 0. The van der Waals surface area contributed by atoms with Crippen molar-refractivity contribution in [3.05, 3.63) is 29.3 Å². The van der Waals surface area contributed by atoms with Crippen LogP contribution in [0.15, 0.2) is 23.1 Å². The summed E-state index contributed by atoms with van der Waals surface area (Å²) in [5.41, 5.74) is 6.45. The van der Waals surface area contributed by atoms with E-state index in [1.807, 2.05) is 0 Å². The summed E-state index contributed by atoms with van der Waals surface area (Å²) in [6, 6.07) is 3.96. The van der Waals surface area contributed by atoms with Crippen LogP contribution in [0.2, 0.25) is 0 Å². The van der Waals surface area contributed by atoms with Crippen molar-refractivity contribution in [3.8, 4) is 0 Å². The van der Waals surface area contributed by atoms with Gasteiger partial charge in [-0.2, -0.15) is 8.42 Å². The average Bonchev–Trinajstić information content (AvgIpc) is 2.27. The Balaban J connectivity index is 3.33. The molecule has 0 fully saturated rings. The first-order valence-corrected chi connectivity index (χ1v) is 7.06. The second-order valence-corrected chi connectivity index (χ2v) is 5.77. The third-order valence-electron chi connectivity index (χ3n) is 2.58. The molecule has 100 valence electrons. The molecule has 1 rings (SSSR count). The maximum atomic E-state index is 11.9. The van der Waals surface area contributed by atoms with Crippen LogP contribution in [0.1, 0.15) is 29.8 Å². The van der Waals surface area contributed by atoms with Crippen LogP contribution >= 0.6 is 0 Å². The lowest BCUT2D eigenvalue weighted by Gasteiger charge is -2.11. The van der Waals surface area contributed by atoms with Gasteiger partial charge in [0.05, 0.1) is 4.90 Å². The Kier molecular flexibility index (Phi) is 4.61. The Bertz CT molecular complexity index is 549. The Morgan fingerprint density at radius 3 is 2.44 bits per heavy atom. The van der Waals surface area contributed by atoms with Crippen molar-refractivity contribution in [2.45, 2.75) is 25.2 Å². The Labute approximate surface area is 107 Å². The molecule has 0 aliphatic rings. The summed E-state index contributed by atoms with van der Waals surface area (Å²) in [7, 11) is -4.26. The summed E-state index contributed by atoms with van der Waals surface area (Å²) < 4.78 is 31.1. The van der Waals surface area contributed by atoms with Crippen molar-refractivity contribution < 1.29 is 17.8 Å². The van der Waals surface area contributed by atoms with Gasteiger partial charge in [0.25, 0.3) is 10.1 Å². The molecular weight excluding hydrogens is 254 g/mol. The predicted octanol–water partition coefficient (Wildman–Crippen LogP) is 1.27. The fraction of sp³-hybridized carbons (Fsp3) is 0.417. The highest BCUT2D eigenvalue weighted by atomic mass is 32.2. The largest absolute Gasteiger partial charge is 0.330 e. The van der Waals surface area contributed by atoms with Gasteiger partial charge in [0.2, 0.25) is 0 Å². The van der Waals surface area contributed by atoms with Crippen molar-refractivity contribution >= 4 is 15.9 Å². The molecular formula is C12H17NO4S. The minimum atomic E-state index is -4.26. The van der Waals surface area contributed by atoms with Gasteiger partial charge in [-0.25, -0.2) is 0 Å². The van der Waals surface area contributed by atoms with Crippen LogP contribution in [0.25, 0.3) is 0 Å². The van der Waals surface area contributed by atoms with Crippen molar-refractivity contribution in [1.29, 1.82) is 0 Å². The molecule has 1 aromatic carbocycles. The van der Waals surface area contributed by atoms with E-state index in [-0.39, 0.29) is 16.6 Å². The SMILES string of the molecule is CC(C)C(=O)c1ccc(S(=O)(=O)O)cc1CCN. The van der Waals surface area contributed by atoms with Gasteiger partial charge < -0.3 is 5.73 Å². The first kappa shape index (κ1) is 14.8. The lowest BCUT2D eigenvalue weighted by atomic mass is 9.95. The maximum Gasteiger partial charge on any atom is 0.294 e. The molecule has 0 aliphatic heterocycles. The third kappa shape index (κ3) is 3.38. The minimum absolute atomic E-state index is 0.0691. The number of ketones is 1. The molecule has 18 heavy (non-hydrogen) atoms. The summed E-state index contributed by atoms with van der Waals surface area (Å²) in [6.07, 6.45) is 0.386. The molecule has 0 aliphatic carbocycles. The van der Waals surface area contributed by atoms with E-state index in [1.165, 1.54) is 18.2 Å². The quantitative estimate of drug-likeness (QED) is 0.621. The van der Waals surface area contributed by atoms with Gasteiger partial charge in [-0.1, -0.05) is 13.8 Å². The molecule has 0 saturated heterocycles. The Morgan fingerprint density at radius 2 is 2.00 bits per heavy atom. The van der Waals surface area contributed by atoms with Crippen molar-refractivity contribution in [2.24, 2.45) is 11.7 Å². The lowest BCUT2D eigenvalue weighted by Crippen LogP contribution is -2.14. The van der Waals surface area contributed by atoms with Crippen LogP contribution in [-0.2, 0) is 16.5 Å². The number of rotatable bonds is 5. The number of carbonyl (C=O) groups excluding carboxylic acids is 1. The fourth-order valence-electron chi connectivity index (χ4n) is 1.64. The molecule has 0 amide bonds.